The highest BCUT2D eigenvalue weighted by Gasteiger charge is 2.41. The van der Waals surface area contributed by atoms with Crippen molar-refractivity contribution in [1.29, 1.82) is 0 Å². The third-order valence-corrected chi connectivity index (χ3v) is 7.12. The Morgan fingerprint density at radius 2 is 2.00 bits per heavy atom. The van der Waals surface area contributed by atoms with Gasteiger partial charge in [-0.3, -0.25) is 0 Å². The Morgan fingerprint density at radius 1 is 1.31 bits per heavy atom. The van der Waals surface area contributed by atoms with Crippen molar-refractivity contribution in [3.05, 3.63) is 18.0 Å². The third kappa shape index (κ3) is 3.47. The van der Waals surface area contributed by atoms with Crippen LogP contribution in [0.3, 0.4) is 0 Å². The molecule has 0 aromatic carbocycles. The van der Waals surface area contributed by atoms with Gasteiger partial charge in [-0.2, -0.15) is 0 Å². The molecule has 0 spiro atoms. The summed E-state index contributed by atoms with van der Waals surface area (Å²) in [6.45, 7) is 1.95. The van der Waals surface area contributed by atoms with E-state index in [0.717, 1.165) is 37.8 Å². The summed E-state index contributed by atoms with van der Waals surface area (Å²) in [6, 6.07) is 1.78. The summed E-state index contributed by atoms with van der Waals surface area (Å²) in [7, 11) is -3.64. The lowest BCUT2D eigenvalue weighted by Crippen LogP contribution is -2.53. The quantitative estimate of drug-likeness (QED) is 0.815. The average molecular weight is 401 g/mol. The maximum Gasteiger partial charge on any atom is 0.258 e. The molecule has 9 heteroatoms. The minimum Gasteiger partial charge on any atom is -0.336 e. The number of hydrogen-bond acceptors (Lipinski definition) is 6. The number of fused-ring (bicyclic) bond motifs is 3. The van der Waals surface area contributed by atoms with E-state index in [1.807, 2.05) is 6.92 Å². The molecule has 26 heavy (non-hydrogen) atoms. The van der Waals surface area contributed by atoms with Crippen LogP contribution in [0.1, 0.15) is 44.7 Å². The highest BCUT2D eigenvalue weighted by Crippen LogP contribution is 2.40. The largest absolute Gasteiger partial charge is 0.336 e. The van der Waals surface area contributed by atoms with Crippen molar-refractivity contribution in [1.82, 2.24) is 14.9 Å². The van der Waals surface area contributed by atoms with E-state index in [9.17, 15) is 8.42 Å². The summed E-state index contributed by atoms with van der Waals surface area (Å²) in [4.78, 5) is 4.30. The molecule has 2 bridgehead atoms. The standard InChI is InChI=1S/C17H24N4O3S.ClH/c1-2-15-14-8-13(9-19-17(14)24-20-15)25(22,23)21-16-10-4-3-5-11(16)7-12(18)6-10;/h8-12,16,21H,2-7,18H2,1H3;1H. The Bertz CT molecular complexity index is 871. The molecule has 2 aromatic heterocycles. The predicted molar refractivity (Wildman–Crippen MR) is 101 cm³/mol. The van der Waals surface area contributed by atoms with Gasteiger partial charge in [-0.1, -0.05) is 18.5 Å². The fourth-order valence-corrected chi connectivity index (χ4v) is 5.83. The number of pyridine rings is 1. The number of halogens is 1. The Balaban J connectivity index is 0.00000196. The molecule has 4 rings (SSSR count). The fourth-order valence-electron chi connectivity index (χ4n) is 4.49. The molecular formula is C17H25ClN4O3S. The van der Waals surface area contributed by atoms with E-state index >= 15 is 0 Å². The average Bonchev–Trinajstić information content (AvgIpc) is 2.98. The second-order valence-corrected chi connectivity index (χ2v) is 9.05. The van der Waals surface area contributed by atoms with Crippen LogP contribution in [-0.4, -0.2) is 30.6 Å². The van der Waals surface area contributed by atoms with Crippen LogP contribution in [0.2, 0.25) is 0 Å². The molecule has 0 saturated heterocycles. The molecule has 2 saturated carbocycles. The van der Waals surface area contributed by atoms with Gasteiger partial charge in [-0.25, -0.2) is 18.1 Å². The monoisotopic (exact) mass is 400 g/mol. The number of nitrogens with one attached hydrogen (secondary N) is 1. The first-order valence-corrected chi connectivity index (χ1v) is 10.5. The molecule has 0 aliphatic heterocycles. The Labute approximate surface area is 159 Å². The topological polar surface area (TPSA) is 111 Å². The van der Waals surface area contributed by atoms with Crippen molar-refractivity contribution in [3.8, 4) is 0 Å². The van der Waals surface area contributed by atoms with Crippen LogP contribution in [-0.2, 0) is 16.4 Å². The minimum atomic E-state index is -3.64. The second kappa shape index (κ2) is 7.42. The lowest BCUT2D eigenvalue weighted by Gasteiger charge is -2.44. The first-order valence-electron chi connectivity index (χ1n) is 9.00. The van der Waals surface area contributed by atoms with Crippen molar-refractivity contribution in [2.45, 2.75) is 62.4 Å². The van der Waals surface area contributed by atoms with Crippen molar-refractivity contribution < 1.29 is 12.9 Å². The van der Waals surface area contributed by atoms with Gasteiger partial charge in [0.25, 0.3) is 5.71 Å². The van der Waals surface area contributed by atoms with E-state index in [-0.39, 0.29) is 29.4 Å². The van der Waals surface area contributed by atoms with Gasteiger partial charge in [0.1, 0.15) is 4.90 Å². The van der Waals surface area contributed by atoms with Gasteiger partial charge in [0, 0.05) is 12.1 Å². The molecule has 2 unspecified atom stereocenters. The van der Waals surface area contributed by atoms with E-state index < -0.39 is 10.0 Å². The van der Waals surface area contributed by atoms with Crippen LogP contribution < -0.4 is 10.5 Å². The van der Waals surface area contributed by atoms with E-state index in [2.05, 4.69) is 14.9 Å². The number of rotatable bonds is 4. The number of sulfonamides is 1. The first kappa shape index (κ1) is 19.5. The minimum absolute atomic E-state index is 0. The lowest BCUT2D eigenvalue weighted by atomic mass is 9.67. The summed E-state index contributed by atoms with van der Waals surface area (Å²) in [5.74, 6) is 0.659. The molecule has 144 valence electrons. The van der Waals surface area contributed by atoms with Gasteiger partial charge in [-0.05, 0) is 50.0 Å². The number of aryl methyl sites for hydroxylation is 1. The van der Waals surface area contributed by atoms with Crippen LogP contribution >= 0.6 is 12.4 Å². The first-order chi connectivity index (χ1) is 12.0. The molecule has 7 nitrogen and oxygen atoms in total. The Kier molecular flexibility index (Phi) is 5.58. The van der Waals surface area contributed by atoms with Crippen LogP contribution in [0.25, 0.3) is 11.1 Å². The summed E-state index contributed by atoms with van der Waals surface area (Å²) in [5, 5.41) is 4.60. The maximum atomic E-state index is 12.9. The van der Waals surface area contributed by atoms with Gasteiger partial charge in [0.2, 0.25) is 10.0 Å². The van der Waals surface area contributed by atoms with Gasteiger partial charge >= 0.3 is 0 Å². The molecular weight excluding hydrogens is 376 g/mol. The van der Waals surface area contributed by atoms with Crippen LogP contribution in [0.15, 0.2) is 21.7 Å². The number of nitrogens with zero attached hydrogens (tertiary/aromatic N) is 2. The molecule has 0 amide bonds. The van der Waals surface area contributed by atoms with E-state index in [1.165, 1.54) is 6.20 Å². The molecule has 0 radical (unpaired) electrons. The van der Waals surface area contributed by atoms with Crippen molar-refractivity contribution in [2.24, 2.45) is 17.6 Å². The Hall–Kier alpha value is -1.22. The number of nitrogens with two attached hydrogens (primary N) is 1. The van der Waals surface area contributed by atoms with Crippen LogP contribution in [0.4, 0.5) is 0 Å². The highest BCUT2D eigenvalue weighted by molar-refractivity contribution is 7.89. The van der Waals surface area contributed by atoms with E-state index in [1.54, 1.807) is 6.07 Å². The fraction of sp³-hybridized carbons (Fsp3) is 0.647. The molecule has 2 aromatic rings. The molecule has 2 heterocycles. The van der Waals surface area contributed by atoms with Crippen molar-refractivity contribution in [3.63, 3.8) is 0 Å². The summed E-state index contributed by atoms with van der Waals surface area (Å²) in [5.41, 5.74) is 7.23. The summed E-state index contributed by atoms with van der Waals surface area (Å²) >= 11 is 0. The van der Waals surface area contributed by atoms with E-state index in [0.29, 0.717) is 29.4 Å². The predicted octanol–water partition coefficient (Wildman–Crippen LogP) is 2.39. The molecule has 2 aliphatic rings. The summed E-state index contributed by atoms with van der Waals surface area (Å²) in [6.07, 6.45) is 7.05. The summed E-state index contributed by atoms with van der Waals surface area (Å²) < 4.78 is 34.0. The van der Waals surface area contributed by atoms with Crippen LogP contribution in [0.5, 0.6) is 0 Å². The maximum absolute atomic E-state index is 12.9. The lowest BCUT2D eigenvalue weighted by molar-refractivity contribution is 0.125. The zero-order valence-corrected chi connectivity index (χ0v) is 16.4. The third-order valence-electron chi connectivity index (χ3n) is 5.69. The van der Waals surface area contributed by atoms with E-state index in [4.69, 9.17) is 10.3 Å². The molecule has 2 atom stereocenters. The number of aromatic nitrogens is 2. The van der Waals surface area contributed by atoms with Gasteiger partial charge in [-0.15, -0.1) is 12.4 Å². The van der Waals surface area contributed by atoms with Gasteiger partial charge < -0.3 is 10.3 Å². The van der Waals surface area contributed by atoms with Crippen LogP contribution in [0, 0.1) is 11.8 Å². The zero-order valence-electron chi connectivity index (χ0n) is 14.7. The molecule has 2 fully saturated rings. The second-order valence-electron chi connectivity index (χ2n) is 7.34. The Morgan fingerprint density at radius 3 is 2.65 bits per heavy atom. The molecule has 2 aliphatic carbocycles. The zero-order chi connectivity index (χ0) is 17.6. The smallest absolute Gasteiger partial charge is 0.258 e. The van der Waals surface area contributed by atoms with Gasteiger partial charge in [0.15, 0.2) is 0 Å². The highest BCUT2D eigenvalue weighted by atomic mass is 35.5. The van der Waals surface area contributed by atoms with Gasteiger partial charge in [0.05, 0.1) is 17.3 Å². The number of hydrogen-bond donors (Lipinski definition) is 2. The van der Waals surface area contributed by atoms with Crippen molar-refractivity contribution >= 4 is 33.5 Å². The SMILES string of the molecule is CCc1noc2ncc(S(=O)(=O)NC3C4CCCC3CC(N)C4)cc12.Cl. The van der Waals surface area contributed by atoms with Crippen molar-refractivity contribution in [2.75, 3.05) is 0 Å². The normalized spacial score (nSPS) is 28.7. The molecule has 3 N–H and O–H groups in total.